The number of carbonyl (C=O) groups excluding carboxylic acids is 1. The quantitative estimate of drug-likeness (QED) is 0.423. The van der Waals surface area contributed by atoms with E-state index in [-0.39, 0.29) is 11.8 Å². The average molecular weight is 449 g/mol. The van der Waals surface area contributed by atoms with E-state index in [4.69, 9.17) is 9.47 Å². The molecule has 0 saturated carbocycles. The van der Waals surface area contributed by atoms with Crippen molar-refractivity contribution in [1.82, 2.24) is 9.88 Å². The first kappa shape index (κ1) is 22.9. The Hall–Kier alpha value is -3.25. The number of fused-ring (bicyclic) bond motifs is 1. The number of esters is 1. The van der Waals surface area contributed by atoms with Crippen molar-refractivity contribution in [2.24, 2.45) is 0 Å². The molecule has 0 saturated heterocycles. The number of hydrogen-bond acceptors (Lipinski definition) is 5. The van der Waals surface area contributed by atoms with Gasteiger partial charge in [-0.1, -0.05) is 30.3 Å². The summed E-state index contributed by atoms with van der Waals surface area (Å²) >= 11 is 0. The van der Waals surface area contributed by atoms with Crippen LogP contribution in [0.15, 0.2) is 60.7 Å². The molecule has 1 aliphatic heterocycles. The Bertz CT molecular complexity index is 1070. The fraction of sp³-hybridized carbons (Fsp3) is 0.333. The highest BCUT2D eigenvalue weighted by molar-refractivity contribution is 5.69. The number of ether oxygens (including phenoxy) is 2. The van der Waals surface area contributed by atoms with Gasteiger partial charge in [-0.15, -0.1) is 0 Å². The van der Waals surface area contributed by atoms with Gasteiger partial charge in [0.2, 0.25) is 0 Å². The summed E-state index contributed by atoms with van der Waals surface area (Å²) in [6.45, 7) is 4.98. The lowest BCUT2D eigenvalue weighted by Crippen LogP contribution is -2.32. The molecule has 5 nitrogen and oxygen atoms in total. The van der Waals surface area contributed by atoms with Gasteiger partial charge < -0.3 is 9.47 Å². The third-order valence-corrected chi connectivity index (χ3v) is 5.74. The van der Waals surface area contributed by atoms with Gasteiger partial charge in [0.05, 0.1) is 6.61 Å². The maximum Gasteiger partial charge on any atom is 0.305 e. The Morgan fingerprint density at radius 3 is 2.67 bits per heavy atom. The van der Waals surface area contributed by atoms with Crippen LogP contribution in [0.2, 0.25) is 0 Å². The van der Waals surface area contributed by atoms with Crippen LogP contribution >= 0.6 is 0 Å². The second-order valence-corrected chi connectivity index (χ2v) is 8.16. The van der Waals surface area contributed by atoms with E-state index in [1.807, 2.05) is 61.5 Å². The SMILES string of the molecule is CCOC(=O)CCCN1CCc2nc(-c3ccc(OCc4ccccc4)cc3)c(F)cc2C1. The predicted molar refractivity (Wildman–Crippen MR) is 125 cm³/mol. The maximum absolute atomic E-state index is 14.9. The molecule has 0 unspecified atom stereocenters. The molecule has 0 N–H and O–H groups in total. The number of pyridine rings is 1. The highest BCUT2D eigenvalue weighted by atomic mass is 19.1. The summed E-state index contributed by atoms with van der Waals surface area (Å²) in [6.07, 6.45) is 1.91. The van der Waals surface area contributed by atoms with E-state index in [2.05, 4.69) is 9.88 Å². The number of hydrogen-bond donors (Lipinski definition) is 0. The largest absolute Gasteiger partial charge is 0.489 e. The van der Waals surface area contributed by atoms with Crippen LogP contribution in [0.3, 0.4) is 0 Å². The van der Waals surface area contributed by atoms with Gasteiger partial charge in [0, 0.05) is 37.2 Å². The van der Waals surface area contributed by atoms with Crippen LogP contribution in [0, 0.1) is 5.82 Å². The van der Waals surface area contributed by atoms with Crippen LogP contribution in [0.4, 0.5) is 4.39 Å². The Balaban J connectivity index is 1.37. The van der Waals surface area contributed by atoms with Gasteiger partial charge in [-0.25, -0.2) is 9.37 Å². The van der Waals surface area contributed by atoms with Crippen LogP contribution < -0.4 is 4.74 Å². The first-order valence-corrected chi connectivity index (χ1v) is 11.5. The first-order chi connectivity index (χ1) is 16.1. The average Bonchev–Trinajstić information content (AvgIpc) is 2.83. The summed E-state index contributed by atoms with van der Waals surface area (Å²) in [7, 11) is 0. The topological polar surface area (TPSA) is 51.7 Å². The fourth-order valence-electron chi connectivity index (χ4n) is 4.03. The van der Waals surface area contributed by atoms with Crippen molar-refractivity contribution in [3.63, 3.8) is 0 Å². The van der Waals surface area contributed by atoms with E-state index in [0.29, 0.717) is 31.9 Å². The molecule has 0 radical (unpaired) electrons. The van der Waals surface area contributed by atoms with Crippen molar-refractivity contribution in [1.29, 1.82) is 0 Å². The molecule has 0 amide bonds. The van der Waals surface area contributed by atoms with Gasteiger partial charge in [-0.05, 0) is 61.3 Å². The zero-order valence-electron chi connectivity index (χ0n) is 18.9. The lowest BCUT2D eigenvalue weighted by molar-refractivity contribution is -0.143. The van der Waals surface area contributed by atoms with E-state index < -0.39 is 0 Å². The zero-order valence-corrected chi connectivity index (χ0v) is 18.9. The van der Waals surface area contributed by atoms with Crippen molar-refractivity contribution in [2.45, 2.75) is 39.3 Å². The van der Waals surface area contributed by atoms with E-state index in [0.717, 1.165) is 54.1 Å². The predicted octanol–water partition coefficient (Wildman–Crippen LogP) is 5.17. The standard InChI is InChI=1S/C27H29FN2O3/c1-2-32-26(31)9-6-15-30-16-14-25-22(18-30)17-24(28)27(29-25)21-10-12-23(13-11-21)33-19-20-7-4-3-5-8-20/h3-5,7-8,10-13,17H,2,6,9,14-16,18-19H2,1H3. The molecule has 0 aliphatic carbocycles. The van der Waals surface area contributed by atoms with Crippen LogP contribution in [0.1, 0.15) is 36.6 Å². The molecular formula is C27H29FN2O3. The van der Waals surface area contributed by atoms with Gasteiger partial charge in [-0.2, -0.15) is 0 Å². The van der Waals surface area contributed by atoms with Gasteiger partial charge in [0.1, 0.15) is 23.9 Å². The Kier molecular flexibility index (Phi) is 7.68. The Labute approximate surface area is 194 Å². The molecule has 1 aliphatic rings. The second kappa shape index (κ2) is 11.1. The number of carbonyl (C=O) groups is 1. The van der Waals surface area contributed by atoms with Crippen molar-refractivity contribution in [3.8, 4) is 17.0 Å². The summed E-state index contributed by atoms with van der Waals surface area (Å²) in [4.78, 5) is 18.4. The van der Waals surface area contributed by atoms with E-state index >= 15 is 0 Å². The van der Waals surface area contributed by atoms with E-state index in [9.17, 15) is 9.18 Å². The third-order valence-electron chi connectivity index (χ3n) is 5.74. The molecule has 0 fully saturated rings. The molecule has 1 aromatic heterocycles. The third kappa shape index (κ3) is 6.17. The highest BCUT2D eigenvalue weighted by Gasteiger charge is 2.21. The van der Waals surface area contributed by atoms with E-state index in [1.54, 1.807) is 6.07 Å². The molecule has 3 aromatic rings. The second-order valence-electron chi connectivity index (χ2n) is 8.16. The summed E-state index contributed by atoms with van der Waals surface area (Å²) < 4.78 is 25.7. The van der Waals surface area contributed by atoms with Crippen LogP contribution in [0.25, 0.3) is 11.3 Å². The summed E-state index contributed by atoms with van der Waals surface area (Å²) in [5.74, 6) is 0.253. The number of halogens is 1. The molecule has 2 heterocycles. The zero-order chi connectivity index (χ0) is 23.0. The van der Waals surface area contributed by atoms with Gasteiger partial charge in [0.25, 0.3) is 0 Å². The minimum atomic E-state index is -0.319. The summed E-state index contributed by atoms with van der Waals surface area (Å²) in [5, 5.41) is 0. The molecular weight excluding hydrogens is 419 g/mol. The summed E-state index contributed by atoms with van der Waals surface area (Å²) in [6, 6.07) is 19.0. The number of nitrogens with zero attached hydrogens (tertiary/aromatic N) is 2. The lowest BCUT2D eigenvalue weighted by Gasteiger charge is -2.28. The van der Waals surface area contributed by atoms with Crippen LogP contribution in [-0.4, -0.2) is 35.5 Å². The number of aromatic nitrogens is 1. The van der Waals surface area contributed by atoms with Crippen LogP contribution in [0.5, 0.6) is 5.75 Å². The van der Waals surface area contributed by atoms with Gasteiger partial charge in [-0.3, -0.25) is 9.69 Å². The summed E-state index contributed by atoms with van der Waals surface area (Å²) in [5.41, 5.74) is 4.07. The number of rotatable bonds is 9. The lowest BCUT2D eigenvalue weighted by atomic mass is 10.0. The molecule has 2 aromatic carbocycles. The van der Waals surface area contributed by atoms with Crippen molar-refractivity contribution in [3.05, 3.63) is 83.3 Å². The maximum atomic E-state index is 14.9. The van der Waals surface area contributed by atoms with Crippen molar-refractivity contribution in [2.75, 3.05) is 19.7 Å². The fourth-order valence-corrected chi connectivity index (χ4v) is 4.03. The Morgan fingerprint density at radius 2 is 1.91 bits per heavy atom. The number of benzene rings is 2. The Morgan fingerprint density at radius 1 is 1.12 bits per heavy atom. The highest BCUT2D eigenvalue weighted by Crippen LogP contribution is 2.28. The molecule has 172 valence electrons. The minimum absolute atomic E-state index is 0.163. The van der Waals surface area contributed by atoms with E-state index in [1.165, 1.54) is 0 Å². The minimum Gasteiger partial charge on any atom is -0.489 e. The van der Waals surface area contributed by atoms with Crippen molar-refractivity contribution >= 4 is 5.97 Å². The molecule has 6 heteroatoms. The molecule has 33 heavy (non-hydrogen) atoms. The van der Waals surface area contributed by atoms with Crippen LogP contribution in [-0.2, 0) is 29.1 Å². The molecule has 0 spiro atoms. The van der Waals surface area contributed by atoms with Gasteiger partial charge >= 0.3 is 5.97 Å². The first-order valence-electron chi connectivity index (χ1n) is 11.5. The molecule has 4 rings (SSSR count). The molecule has 0 atom stereocenters. The monoisotopic (exact) mass is 448 g/mol. The normalized spacial score (nSPS) is 13.4. The van der Waals surface area contributed by atoms with Gasteiger partial charge in [0.15, 0.2) is 0 Å². The molecule has 0 bridgehead atoms. The smallest absolute Gasteiger partial charge is 0.305 e. The van der Waals surface area contributed by atoms with Crippen molar-refractivity contribution < 1.29 is 18.7 Å².